The summed E-state index contributed by atoms with van der Waals surface area (Å²) in [6.45, 7) is 3.27. The molecule has 0 spiro atoms. The second-order valence-electron chi connectivity index (χ2n) is 4.39. The Bertz CT molecular complexity index is 603. The summed E-state index contributed by atoms with van der Waals surface area (Å²) in [5, 5.41) is 6.38. The average molecular weight is 272 g/mol. The highest BCUT2D eigenvalue weighted by atomic mass is 16.7. The maximum atomic E-state index is 5.34. The van der Waals surface area contributed by atoms with E-state index in [1.54, 1.807) is 6.20 Å². The number of fused-ring (bicyclic) bond motifs is 1. The topological polar surface area (TPSA) is 68.3 Å². The molecule has 0 atom stereocenters. The first kappa shape index (κ1) is 12.5. The van der Waals surface area contributed by atoms with E-state index in [2.05, 4.69) is 27.5 Å². The number of nitrogens with one attached hydrogen (secondary N) is 2. The molecule has 3 rings (SSSR count). The second-order valence-corrected chi connectivity index (χ2v) is 4.39. The molecule has 0 radical (unpaired) electrons. The fraction of sp³-hybridized carbons (Fsp3) is 0.286. The molecular formula is C14H16N4O2. The molecule has 2 heterocycles. The van der Waals surface area contributed by atoms with E-state index >= 15 is 0 Å². The first-order valence-electron chi connectivity index (χ1n) is 6.59. The van der Waals surface area contributed by atoms with E-state index in [1.165, 1.54) is 0 Å². The molecule has 104 valence electrons. The first-order chi connectivity index (χ1) is 9.85. The number of hydrogen-bond acceptors (Lipinski definition) is 6. The molecule has 0 saturated heterocycles. The fourth-order valence-corrected chi connectivity index (χ4v) is 1.87. The average Bonchev–Trinajstić information content (AvgIpc) is 2.93. The number of anilines is 3. The van der Waals surface area contributed by atoms with Crippen LogP contribution in [0.15, 0.2) is 30.5 Å². The van der Waals surface area contributed by atoms with Crippen LogP contribution in [-0.4, -0.2) is 23.3 Å². The molecule has 1 aliphatic rings. The first-order valence-corrected chi connectivity index (χ1v) is 6.59. The Labute approximate surface area is 117 Å². The largest absolute Gasteiger partial charge is 0.454 e. The van der Waals surface area contributed by atoms with Crippen LogP contribution in [0.1, 0.15) is 13.3 Å². The van der Waals surface area contributed by atoms with Crippen molar-refractivity contribution in [2.45, 2.75) is 13.3 Å². The highest BCUT2D eigenvalue weighted by Crippen LogP contribution is 2.34. The minimum absolute atomic E-state index is 0.270. The summed E-state index contributed by atoms with van der Waals surface area (Å²) in [6, 6.07) is 7.49. The lowest BCUT2D eigenvalue weighted by Crippen LogP contribution is -2.04. The van der Waals surface area contributed by atoms with Gasteiger partial charge in [-0.3, -0.25) is 0 Å². The van der Waals surface area contributed by atoms with Crippen molar-refractivity contribution < 1.29 is 9.47 Å². The highest BCUT2D eigenvalue weighted by Gasteiger charge is 2.13. The van der Waals surface area contributed by atoms with E-state index in [0.717, 1.165) is 36.0 Å². The Morgan fingerprint density at radius 3 is 3.00 bits per heavy atom. The molecule has 0 unspecified atom stereocenters. The summed E-state index contributed by atoms with van der Waals surface area (Å²) in [7, 11) is 0. The molecule has 2 N–H and O–H groups in total. The van der Waals surface area contributed by atoms with Gasteiger partial charge in [-0.05, 0) is 24.6 Å². The number of ether oxygens (including phenoxy) is 2. The van der Waals surface area contributed by atoms with Gasteiger partial charge in [0.05, 0.1) is 0 Å². The van der Waals surface area contributed by atoms with Crippen molar-refractivity contribution in [1.82, 2.24) is 9.97 Å². The summed E-state index contributed by atoms with van der Waals surface area (Å²) < 4.78 is 10.6. The van der Waals surface area contributed by atoms with Crippen molar-refractivity contribution in [2.75, 3.05) is 24.0 Å². The molecule has 0 aliphatic carbocycles. The summed E-state index contributed by atoms with van der Waals surface area (Å²) in [5.74, 6) is 2.85. The quantitative estimate of drug-likeness (QED) is 0.872. The second kappa shape index (κ2) is 5.64. The van der Waals surface area contributed by atoms with Crippen molar-refractivity contribution in [3.63, 3.8) is 0 Å². The molecule has 6 nitrogen and oxygen atoms in total. The molecule has 20 heavy (non-hydrogen) atoms. The fourth-order valence-electron chi connectivity index (χ4n) is 1.87. The minimum Gasteiger partial charge on any atom is -0.454 e. The van der Waals surface area contributed by atoms with Gasteiger partial charge in [0.25, 0.3) is 0 Å². The van der Waals surface area contributed by atoms with E-state index in [4.69, 9.17) is 9.47 Å². The summed E-state index contributed by atoms with van der Waals surface area (Å²) in [5.41, 5.74) is 0.863. The van der Waals surface area contributed by atoms with Crippen molar-refractivity contribution in [2.24, 2.45) is 0 Å². The predicted octanol–water partition coefficient (Wildman–Crippen LogP) is 2.77. The van der Waals surface area contributed by atoms with Crippen molar-refractivity contribution >= 4 is 17.5 Å². The van der Waals surface area contributed by atoms with Gasteiger partial charge in [-0.25, -0.2) is 4.98 Å². The lowest BCUT2D eigenvalue weighted by molar-refractivity contribution is 0.174. The monoisotopic (exact) mass is 272 g/mol. The lowest BCUT2D eigenvalue weighted by atomic mass is 10.3. The van der Waals surface area contributed by atoms with Gasteiger partial charge in [0.1, 0.15) is 5.82 Å². The molecule has 0 fully saturated rings. The van der Waals surface area contributed by atoms with E-state index in [9.17, 15) is 0 Å². The molecule has 2 aromatic rings. The third-order valence-electron chi connectivity index (χ3n) is 2.84. The smallest absolute Gasteiger partial charge is 0.231 e. The van der Waals surface area contributed by atoms with E-state index in [1.807, 2.05) is 24.3 Å². The van der Waals surface area contributed by atoms with Crippen LogP contribution in [0.4, 0.5) is 17.5 Å². The maximum absolute atomic E-state index is 5.34. The van der Waals surface area contributed by atoms with Crippen molar-refractivity contribution in [3.05, 3.63) is 30.5 Å². The van der Waals surface area contributed by atoms with Crippen molar-refractivity contribution in [1.29, 1.82) is 0 Å². The summed E-state index contributed by atoms with van der Waals surface area (Å²) in [6.07, 6.45) is 2.77. The maximum Gasteiger partial charge on any atom is 0.231 e. The molecule has 0 saturated carbocycles. The Balaban J connectivity index is 1.74. The van der Waals surface area contributed by atoms with Gasteiger partial charge in [0, 0.05) is 24.5 Å². The van der Waals surface area contributed by atoms with Crippen LogP contribution in [0, 0.1) is 0 Å². The Morgan fingerprint density at radius 2 is 2.10 bits per heavy atom. The van der Waals surface area contributed by atoms with Gasteiger partial charge in [-0.15, -0.1) is 0 Å². The number of nitrogens with zero attached hydrogens (tertiary/aromatic N) is 2. The van der Waals surface area contributed by atoms with Gasteiger partial charge < -0.3 is 20.1 Å². The van der Waals surface area contributed by atoms with Crippen molar-refractivity contribution in [3.8, 4) is 11.5 Å². The molecule has 0 bridgehead atoms. The van der Waals surface area contributed by atoms with E-state index in [0.29, 0.717) is 5.95 Å². The van der Waals surface area contributed by atoms with Gasteiger partial charge >= 0.3 is 0 Å². The minimum atomic E-state index is 0.270. The third-order valence-corrected chi connectivity index (χ3v) is 2.84. The van der Waals surface area contributed by atoms with Crippen LogP contribution in [0.3, 0.4) is 0 Å². The zero-order chi connectivity index (χ0) is 13.8. The molecule has 6 heteroatoms. The van der Waals surface area contributed by atoms with Crippen LogP contribution in [0.5, 0.6) is 11.5 Å². The Hall–Kier alpha value is -2.50. The normalized spacial score (nSPS) is 12.2. The number of rotatable bonds is 5. The van der Waals surface area contributed by atoms with Gasteiger partial charge in [0.2, 0.25) is 12.7 Å². The predicted molar refractivity (Wildman–Crippen MR) is 76.7 cm³/mol. The van der Waals surface area contributed by atoms with Crippen LogP contribution >= 0.6 is 0 Å². The molecular weight excluding hydrogens is 256 g/mol. The zero-order valence-corrected chi connectivity index (χ0v) is 11.2. The van der Waals surface area contributed by atoms with Gasteiger partial charge in [-0.1, -0.05) is 6.92 Å². The molecule has 1 aromatic carbocycles. The zero-order valence-electron chi connectivity index (χ0n) is 11.2. The van der Waals surface area contributed by atoms with Gasteiger partial charge in [0.15, 0.2) is 11.5 Å². The van der Waals surface area contributed by atoms with E-state index in [-0.39, 0.29) is 6.79 Å². The van der Waals surface area contributed by atoms with Crippen LogP contribution in [0.25, 0.3) is 0 Å². The van der Waals surface area contributed by atoms with Crippen LogP contribution in [0.2, 0.25) is 0 Å². The number of hydrogen-bond donors (Lipinski definition) is 2. The summed E-state index contributed by atoms with van der Waals surface area (Å²) >= 11 is 0. The Kier molecular flexibility index (Phi) is 3.54. The molecule has 1 aromatic heterocycles. The van der Waals surface area contributed by atoms with Crippen LogP contribution < -0.4 is 20.1 Å². The Morgan fingerprint density at radius 1 is 1.20 bits per heavy atom. The molecule has 1 aliphatic heterocycles. The SMILES string of the molecule is CCCNc1ccnc(Nc2ccc3c(c2)OCO3)n1. The van der Waals surface area contributed by atoms with E-state index < -0.39 is 0 Å². The van der Waals surface area contributed by atoms with Crippen LogP contribution in [-0.2, 0) is 0 Å². The standard InChI is InChI=1S/C14H16N4O2/c1-2-6-15-13-5-7-16-14(18-13)17-10-3-4-11-12(8-10)20-9-19-11/h3-5,7-8H,2,6,9H2,1H3,(H2,15,16,17,18). The lowest BCUT2D eigenvalue weighted by Gasteiger charge is -2.08. The van der Waals surface area contributed by atoms with Gasteiger partial charge in [-0.2, -0.15) is 4.98 Å². The highest BCUT2D eigenvalue weighted by molar-refractivity contribution is 5.60. The third kappa shape index (κ3) is 2.74. The molecule has 0 amide bonds. The summed E-state index contributed by atoms with van der Waals surface area (Å²) in [4.78, 5) is 8.60. The number of aromatic nitrogens is 2. The number of benzene rings is 1.